The topological polar surface area (TPSA) is 102 Å². The van der Waals surface area contributed by atoms with E-state index in [4.69, 9.17) is 11.6 Å². The van der Waals surface area contributed by atoms with Crippen LogP contribution in [0.3, 0.4) is 0 Å². The van der Waals surface area contributed by atoms with Crippen LogP contribution >= 0.6 is 11.6 Å². The first-order valence-corrected chi connectivity index (χ1v) is 10.2. The number of benzene rings is 2. The molecule has 1 saturated carbocycles. The molecule has 0 bridgehead atoms. The average Bonchev–Trinajstić information content (AvgIpc) is 3.45. The molecule has 160 valence electrons. The normalized spacial score (nSPS) is 14.2. The summed E-state index contributed by atoms with van der Waals surface area (Å²) in [6.07, 6.45) is 2.08. The van der Waals surface area contributed by atoms with Gasteiger partial charge in [-0.05, 0) is 66.1 Å². The smallest absolute Gasteiger partial charge is 0.253 e. The summed E-state index contributed by atoms with van der Waals surface area (Å²) in [6, 6.07) is 10.1. The van der Waals surface area contributed by atoms with Crippen LogP contribution in [0.2, 0.25) is 5.02 Å². The Morgan fingerprint density at radius 3 is 2.74 bits per heavy atom. The number of aryl methyl sites for hydroxylation is 1. The van der Waals surface area contributed by atoms with Crippen LogP contribution < -0.4 is 10.6 Å². The number of halogens is 2. The molecule has 2 N–H and O–H groups in total. The van der Waals surface area contributed by atoms with Gasteiger partial charge in [-0.15, -0.1) is 5.10 Å². The van der Waals surface area contributed by atoms with Gasteiger partial charge in [-0.25, -0.2) is 9.07 Å². The summed E-state index contributed by atoms with van der Waals surface area (Å²) in [6.45, 7) is 1.68. The lowest BCUT2D eigenvalue weighted by molar-refractivity contribution is -0.119. The van der Waals surface area contributed by atoms with Crippen molar-refractivity contribution in [3.8, 4) is 0 Å². The number of amides is 2. The standard InChI is InChI=1S/C21H20ClFN6O2/c1-12-26-27-28-29(12)19(10-13-3-2-4-14(23)9-13)21(31)25-16-7-8-18(22)17(11-16)20(30)24-15-5-6-15/h2-4,7-9,11,15,19H,5-6,10H2,1H3,(H,24,30)(H,25,31). The van der Waals surface area contributed by atoms with Gasteiger partial charge in [0.2, 0.25) is 5.91 Å². The lowest BCUT2D eigenvalue weighted by Crippen LogP contribution is -2.30. The van der Waals surface area contributed by atoms with Gasteiger partial charge in [0, 0.05) is 18.2 Å². The fourth-order valence-corrected chi connectivity index (χ4v) is 3.40. The number of rotatable bonds is 7. The minimum absolute atomic E-state index is 0.179. The van der Waals surface area contributed by atoms with Gasteiger partial charge in [-0.2, -0.15) is 0 Å². The van der Waals surface area contributed by atoms with Crippen molar-refractivity contribution in [3.63, 3.8) is 0 Å². The molecule has 1 aromatic heterocycles. The van der Waals surface area contributed by atoms with E-state index in [0.717, 1.165) is 12.8 Å². The number of anilines is 1. The van der Waals surface area contributed by atoms with Gasteiger partial charge < -0.3 is 10.6 Å². The van der Waals surface area contributed by atoms with Gasteiger partial charge in [0.05, 0.1) is 10.6 Å². The van der Waals surface area contributed by atoms with Crippen LogP contribution in [0.4, 0.5) is 10.1 Å². The third-order valence-electron chi connectivity index (χ3n) is 4.96. The van der Waals surface area contributed by atoms with Gasteiger partial charge in [0.25, 0.3) is 5.91 Å². The van der Waals surface area contributed by atoms with Gasteiger partial charge >= 0.3 is 0 Å². The zero-order chi connectivity index (χ0) is 22.0. The minimum Gasteiger partial charge on any atom is -0.349 e. The maximum Gasteiger partial charge on any atom is 0.253 e. The van der Waals surface area contributed by atoms with Crippen molar-refractivity contribution >= 4 is 29.1 Å². The van der Waals surface area contributed by atoms with Gasteiger partial charge in [0.15, 0.2) is 0 Å². The fraction of sp³-hybridized carbons (Fsp3) is 0.286. The monoisotopic (exact) mass is 442 g/mol. The van der Waals surface area contributed by atoms with E-state index >= 15 is 0 Å². The molecule has 8 nitrogen and oxygen atoms in total. The van der Waals surface area contributed by atoms with Crippen LogP contribution in [0, 0.1) is 12.7 Å². The van der Waals surface area contributed by atoms with E-state index in [2.05, 4.69) is 26.2 Å². The first-order chi connectivity index (χ1) is 14.9. The van der Waals surface area contributed by atoms with Crippen molar-refractivity contribution < 1.29 is 14.0 Å². The maximum absolute atomic E-state index is 13.6. The number of carbonyl (C=O) groups is 2. The van der Waals surface area contributed by atoms with Crippen LogP contribution in [0.5, 0.6) is 0 Å². The molecule has 0 radical (unpaired) electrons. The third-order valence-corrected chi connectivity index (χ3v) is 5.29. The van der Waals surface area contributed by atoms with Crippen molar-refractivity contribution in [2.24, 2.45) is 0 Å². The van der Waals surface area contributed by atoms with Crippen LogP contribution in [0.15, 0.2) is 42.5 Å². The summed E-state index contributed by atoms with van der Waals surface area (Å²) >= 11 is 6.18. The van der Waals surface area contributed by atoms with Crippen molar-refractivity contribution in [2.45, 2.75) is 38.3 Å². The van der Waals surface area contributed by atoms with Crippen LogP contribution in [-0.4, -0.2) is 38.1 Å². The largest absolute Gasteiger partial charge is 0.349 e. The highest BCUT2D eigenvalue weighted by atomic mass is 35.5. The molecule has 0 aliphatic heterocycles. The number of nitrogens with zero attached hydrogens (tertiary/aromatic N) is 4. The van der Waals surface area contributed by atoms with Crippen LogP contribution in [-0.2, 0) is 11.2 Å². The molecule has 2 aromatic carbocycles. The lowest BCUT2D eigenvalue weighted by atomic mass is 10.0. The van der Waals surface area contributed by atoms with Gasteiger partial charge in [-0.3, -0.25) is 9.59 Å². The summed E-state index contributed by atoms with van der Waals surface area (Å²) in [5, 5.41) is 17.3. The summed E-state index contributed by atoms with van der Waals surface area (Å²) in [4.78, 5) is 25.6. The first kappa shape index (κ1) is 20.9. The number of hydrogen-bond acceptors (Lipinski definition) is 5. The Labute approximate surface area is 182 Å². The highest BCUT2D eigenvalue weighted by Gasteiger charge is 2.27. The molecule has 1 heterocycles. The van der Waals surface area contributed by atoms with Crippen LogP contribution in [0.25, 0.3) is 0 Å². The van der Waals surface area contributed by atoms with E-state index in [1.165, 1.54) is 22.9 Å². The summed E-state index contributed by atoms with van der Waals surface area (Å²) < 4.78 is 15.0. The number of carbonyl (C=O) groups excluding carboxylic acids is 2. The lowest BCUT2D eigenvalue weighted by Gasteiger charge is -2.18. The Morgan fingerprint density at radius 2 is 2.06 bits per heavy atom. The van der Waals surface area contributed by atoms with Crippen molar-refractivity contribution in [2.75, 3.05) is 5.32 Å². The SMILES string of the molecule is Cc1nnnn1C(Cc1cccc(F)c1)C(=O)Nc1ccc(Cl)c(C(=O)NC2CC2)c1. The van der Waals surface area contributed by atoms with Crippen molar-refractivity contribution in [1.82, 2.24) is 25.5 Å². The zero-order valence-corrected chi connectivity index (χ0v) is 17.4. The van der Waals surface area contributed by atoms with E-state index in [0.29, 0.717) is 22.1 Å². The highest BCUT2D eigenvalue weighted by Crippen LogP contribution is 2.25. The zero-order valence-electron chi connectivity index (χ0n) is 16.7. The molecule has 2 amide bonds. The second kappa shape index (κ2) is 8.81. The molecular formula is C21H20ClFN6O2. The summed E-state index contributed by atoms with van der Waals surface area (Å²) in [5.41, 5.74) is 1.31. The molecule has 1 fully saturated rings. The molecule has 3 aromatic rings. The molecule has 10 heteroatoms. The quantitative estimate of drug-likeness (QED) is 0.585. The molecule has 1 aliphatic carbocycles. The average molecular weight is 443 g/mol. The van der Waals surface area contributed by atoms with E-state index < -0.39 is 17.8 Å². The predicted molar refractivity (Wildman–Crippen MR) is 112 cm³/mol. The van der Waals surface area contributed by atoms with Crippen molar-refractivity contribution in [3.05, 3.63) is 70.3 Å². The minimum atomic E-state index is -0.823. The maximum atomic E-state index is 13.6. The first-order valence-electron chi connectivity index (χ1n) is 9.81. The number of aromatic nitrogens is 4. The molecule has 4 rings (SSSR count). The molecule has 1 atom stereocenters. The number of tetrazole rings is 1. The molecule has 0 saturated heterocycles. The highest BCUT2D eigenvalue weighted by molar-refractivity contribution is 6.34. The molecule has 31 heavy (non-hydrogen) atoms. The van der Waals surface area contributed by atoms with Crippen LogP contribution in [0.1, 0.15) is 40.6 Å². The number of nitrogens with one attached hydrogen (secondary N) is 2. The van der Waals surface area contributed by atoms with Gasteiger partial charge in [-0.1, -0.05) is 23.7 Å². The van der Waals surface area contributed by atoms with Gasteiger partial charge in [0.1, 0.15) is 17.7 Å². The Bertz CT molecular complexity index is 1130. The van der Waals surface area contributed by atoms with Crippen molar-refractivity contribution in [1.29, 1.82) is 0 Å². The number of hydrogen-bond donors (Lipinski definition) is 2. The Hall–Kier alpha value is -3.33. The Kier molecular flexibility index (Phi) is 5.94. The molecule has 1 unspecified atom stereocenters. The van der Waals surface area contributed by atoms with E-state index in [9.17, 15) is 14.0 Å². The Balaban J connectivity index is 1.57. The molecule has 1 aliphatic rings. The van der Waals surface area contributed by atoms with E-state index in [1.807, 2.05) is 0 Å². The summed E-state index contributed by atoms with van der Waals surface area (Å²) in [5.74, 6) is -0.641. The molecular weight excluding hydrogens is 423 g/mol. The summed E-state index contributed by atoms with van der Waals surface area (Å²) in [7, 11) is 0. The predicted octanol–water partition coefficient (Wildman–Crippen LogP) is 3.09. The molecule has 0 spiro atoms. The second-order valence-electron chi connectivity index (χ2n) is 7.45. The third kappa shape index (κ3) is 5.05. The van der Waals surface area contributed by atoms with E-state index in [-0.39, 0.29) is 23.9 Å². The van der Waals surface area contributed by atoms with E-state index in [1.54, 1.807) is 31.2 Å². The fourth-order valence-electron chi connectivity index (χ4n) is 3.20. The second-order valence-corrected chi connectivity index (χ2v) is 7.86. The Morgan fingerprint density at radius 1 is 1.26 bits per heavy atom.